The van der Waals surface area contributed by atoms with Gasteiger partial charge in [-0.3, -0.25) is 4.79 Å². The molecule has 0 fully saturated rings. The molecule has 2 nitrogen and oxygen atoms in total. The van der Waals surface area contributed by atoms with Crippen molar-refractivity contribution in [2.24, 2.45) is 0 Å². The van der Waals surface area contributed by atoms with Crippen molar-refractivity contribution in [3.63, 3.8) is 0 Å². The Morgan fingerprint density at radius 2 is 1.95 bits per heavy atom. The molecule has 0 spiro atoms. The SMILES string of the molecule is CC(=O)Cc1cc(Cl)ccc1CCc1cccnc1F. The third-order valence-corrected chi connectivity index (χ3v) is 3.34. The molecule has 0 aliphatic carbocycles. The Hall–Kier alpha value is -1.74. The molecule has 1 aromatic heterocycles. The number of hydrogen-bond acceptors (Lipinski definition) is 2. The summed E-state index contributed by atoms with van der Waals surface area (Å²) in [6.45, 7) is 1.55. The van der Waals surface area contributed by atoms with E-state index in [-0.39, 0.29) is 5.78 Å². The quantitative estimate of drug-likeness (QED) is 0.785. The van der Waals surface area contributed by atoms with Crippen LogP contribution in [0.3, 0.4) is 0 Å². The maximum atomic E-state index is 13.5. The van der Waals surface area contributed by atoms with Crippen LogP contribution in [-0.2, 0) is 24.1 Å². The number of pyridine rings is 1. The molecule has 2 aromatic rings. The van der Waals surface area contributed by atoms with Crippen LogP contribution in [0.5, 0.6) is 0 Å². The number of benzene rings is 1. The first kappa shape index (κ1) is 14.7. The molecule has 0 aliphatic heterocycles. The summed E-state index contributed by atoms with van der Waals surface area (Å²) < 4.78 is 13.5. The Labute approximate surface area is 122 Å². The average molecular weight is 292 g/mol. The largest absolute Gasteiger partial charge is 0.300 e. The van der Waals surface area contributed by atoms with Crippen molar-refractivity contribution in [1.82, 2.24) is 4.98 Å². The molecule has 2 rings (SSSR count). The molecule has 0 unspecified atom stereocenters. The molecule has 0 N–H and O–H groups in total. The van der Waals surface area contributed by atoms with E-state index in [9.17, 15) is 9.18 Å². The predicted octanol–water partition coefficient (Wildman–Crippen LogP) is 3.79. The standard InChI is InChI=1S/C16H15ClFNO/c1-11(20)9-14-10-15(17)7-6-12(14)4-5-13-3-2-8-19-16(13)18/h2-3,6-8,10H,4-5,9H2,1H3. The lowest BCUT2D eigenvalue weighted by Gasteiger charge is -2.09. The predicted molar refractivity (Wildman–Crippen MR) is 77.4 cm³/mol. The number of aryl methyl sites for hydroxylation is 2. The van der Waals surface area contributed by atoms with Gasteiger partial charge in [0.15, 0.2) is 0 Å². The molecular weight excluding hydrogens is 277 g/mol. The van der Waals surface area contributed by atoms with E-state index < -0.39 is 5.95 Å². The highest BCUT2D eigenvalue weighted by Gasteiger charge is 2.08. The van der Waals surface area contributed by atoms with E-state index in [0.717, 1.165) is 11.1 Å². The molecule has 0 amide bonds. The van der Waals surface area contributed by atoms with Crippen molar-refractivity contribution in [3.05, 3.63) is 64.2 Å². The smallest absolute Gasteiger partial charge is 0.216 e. The molecule has 20 heavy (non-hydrogen) atoms. The van der Waals surface area contributed by atoms with Gasteiger partial charge in [-0.05, 0) is 49.1 Å². The van der Waals surface area contributed by atoms with Crippen LogP contribution in [0.25, 0.3) is 0 Å². The zero-order chi connectivity index (χ0) is 14.5. The van der Waals surface area contributed by atoms with E-state index in [2.05, 4.69) is 4.98 Å². The maximum Gasteiger partial charge on any atom is 0.216 e. The van der Waals surface area contributed by atoms with Gasteiger partial charge >= 0.3 is 0 Å². The minimum atomic E-state index is -0.436. The van der Waals surface area contributed by atoms with Crippen molar-refractivity contribution in [1.29, 1.82) is 0 Å². The third kappa shape index (κ3) is 3.87. The molecule has 1 heterocycles. The average Bonchev–Trinajstić information content (AvgIpc) is 2.39. The highest BCUT2D eigenvalue weighted by molar-refractivity contribution is 6.30. The number of rotatable bonds is 5. The molecule has 0 aliphatic rings. The van der Waals surface area contributed by atoms with Crippen molar-refractivity contribution >= 4 is 17.4 Å². The summed E-state index contributed by atoms with van der Waals surface area (Å²) in [7, 11) is 0. The molecule has 4 heteroatoms. The summed E-state index contributed by atoms with van der Waals surface area (Å²) in [4.78, 5) is 14.9. The highest BCUT2D eigenvalue weighted by atomic mass is 35.5. The van der Waals surface area contributed by atoms with Gasteiger partial charge in [0.25, 0.3) is 0 Å². The second kappa shape index (κ2) is 6.62. The molecule has 0 atom stereocenters. The summed E-state index contributed by atoms with van der Waals surface area (Å²) in [5.41, 5.74) is 2.51. The lowest BCUT2D eigenvalue weighted by Crippen LogP contribution is -2.03. The van der Waals surface area contributed by atoms with Gasteiger partial charge < -0.3 is 0 Å². The van der Waals surface area contributed by atoms with Crippen LogP contribution in [0.1, 0.15) is 23.6 Å². The fourth-order valence-electron chi connectivity index (χ4n) is 2.15. The number of hydrogen-bond donors (Lipinski definition) is 0. The minimum absolute atomic E-state index is 0.0843. The summed E-state index contributed by atoms with van der Waals surface area (Å²) in [5, 5.41) is 0.609. The number of Topliss-reactive ketones (excluding diaryl/α,β-unsaturated/α-hetero) is 1. The second-order valence-corrected chi connectivity index (χ2v) is 5.18. The Balaban J connectivity index is 2.17. The van der Waals surface area contributed by atoms with E-state index in [1.54, 1.807) is 31.2 Å². The van der Waals surface area contributed by atoms with Crippen LogP contribution in [0, 0.1) is 5.95 Å². The number of carbonyl (C=O) groups is 1. The topological polar surface area (TPSA) is 30.0 Å². The van der Waals surface area contributed by atoms with Crippen molar-refractivity contribution in [3.8, 4) is 0 Å². The number of nitrogens with zero attached hydrogens (tertiary/aromatic N) is 1. The number of aromatic nitrogens is 1. The fraction of sp³-hybridized carbons (Fsp3) is 0.250. The van der Waals surface area contributed by atoms with Gasteiger partial charge in [-0.2, -0.15) is 4.39 Å². The molecule has 1 aromatic carbocycles. The lowest BCUT2D eigenvalue weighted by atomic mass is 9.97. The summed E-state index contributed by atoms with van der Waals surface area (Å²) in [6, 6.07) is 8.94. The van der Waals surface area contributed by atoms with Crippen molar-refractivity contribution < 1.29 is 9.18 Å². The Morgan fingerprint density at radius 3 is 2.65 bits per heavy atom. The summed E-state index contributed by atoms with van der Waals surface area (Å²) in [6.07, 6.45) is 2.99. The van der Waals surface area contributed by atoms with Gasteiger partial charge in [0.2, 0.25) is 5.95 Å². The normalized spacial score (nSPS) is 10.6. The van der Waals surface area contributed by atoms with E-state index in [1.165, 1.54) is 6.20 Å². The summed E-state index contributed by atoms with van der Waals surface area (Å²) in [5.74, 6) is -0.351. The molecular formula is C16H15ClFNO. The van der Waals surface area contributed by atoms with E-state index in [4.69, 9.17) is 11.6 Å². The second-order valence-electron chi connectivity index (χ2n) is 4.75. The first-order chi connectivity index (χ1) is 9.56. The number of carbonyl (C=O) groups excluding carboxylic acids is 1. The Morgan fingerprint density at radius 1 is 1.20 bits per heavy atom. The van der Waals surface area contributed by atoms with Gasteiger partial charge in [-0.25, -0.2) is 4.98 Å². The van der Waals surface area contributed by atoms with Crippen LogP contribution in [0.4, 0.5) is 4.39 Å². The first-order valence-corrected chi connectivity index (χ1v) is 6.80. The minimum Gasteiger partial charge on any atom is -0.300 e. The first-order valence-electron chi connectivity index (χ1n) is 6.42. The molecule has 0 saturated heterocycles. The maximum absolute atomic E-state index is 13.5. The summed E-state index contributed by atoms with van der Waals surface area (Å²) >= 11 is 5.96. The molecule has 0 saturated carbocycles. The van der Waals surface area contributed by atoms with Gasteiger partial charge in [-0.15, -0.1) is 0 Å². The molecule has 0 bridgehead atoms. The molecule has 104 valence electrons. The Bertz CT molecular complexity index is 628. The van der Waals surface area contributed by atoms with E-state index in [1.807, 2.05) is 6.07 Å². The zero-order valence-electron chi connectivity index (χ0n) is 11.2. The van der Waals surface area contributed by atoms with Crippen LogP contribution in [0.15, 0.2) is 36.5 Å². The monoisotopic (exact) mass is 291 g/mol. The van der Waals surface area contributed by atoms with Crippen molar-refractivity contribution in [2.45, 2.75) is 26.2 Å². The van der Waals surface area contributed by atoms with Crippen LogP contribution in [-0.4, -0.2) is 10.8 Å². The third-order valence-electron chi connectivity index (χ3n) is 3.11. The van der Waals surface area contributed by atoms with Crippen LogP contribution in [0.2, 0.25) is 5.02 Å². The number of ketones is 1. The van der Waals surface area contributed by atoms with Crippen molar-refractivity contribution in [2.75, 3.05) is 0 Å². The Kier molecular flexibility index (Phi) is 4.85. The van der Waals surface area contributed by atoms with Gasteiger partial charge in [0, 0.05) is 23.2 Å². The van der Waals surface area contributed by atoms with E-state index >= 15 is 0 Å². The highest BCUT2D eigenvalue weighted by Crippen LogP contribution is 2.19. The van der Waals surface area contributed by atoms with Crippen LogP contribution >= 0.6 is 11.6 Å². The van der Waals surface area contributed by atoms with Gasteiger partial charge in [0.05, 0.1) is 0 Å². The zero-order valence-corrected chi connectivity index (χ0v) is 12.0. The fourth-order valence-corrected chi connectivity index (χ4v) is 2.34. The van der Waals surface area contributed by atoms with Gasteiger partial charge in [-0.1, -0.05) is 23.7 Å². The number of halogens is 2. The van der Waals surface area contributed by atoms with Crippen LogP contribution < -0.4 is 0 Å². The van der Waals surface area contributed by atoms with Gasteiger partial charge in [0.1, 0.15) is 5.78 Å². The lowest BCUT2D eigenvalue weighted by molar-refractivity contribution is -0.116. The van der Waals surface area contributed by atoms with E-state index in [0.29, 0.717) is 29.8 Å². The molecule has 0 radical (unpaired) electrons.